The third-order valence-electron chi connectivity index (χ3n) is 2.44. The number of rotatable bonds is 0. The zero-order valence-electron chi connectivity index (χ0n) is 6.67. The third kappa shape index (κ3) is 0.677. The molecule has 2 aliphatic carbocycles. The fourth-order valence-corrected chi connectivity index (χ4v) is 1.81. The Morgan fingerprint density at radius 3 is 2.08 bits per heavy atom. The molecule has 2 aliphatic rings. The van der Waals surface area contributed by atoms with Gasteiger partial charge >= 0.3 is 0 Å². The van der Waals surface area contributed by atoms with Crippen LogP contribution >= 0.6 is 0 Å². The number of hydrogen-bond acceptors (Lipinski definition) is 0. The van der Waals surface area contributed by atoms with Crippen molar-refractivity contribution in [2.24, 2.45) is 0 Å². The quantitative estimate of drug-likeness (QED) is 0.499. The van der Waals surface area contributed by atoms with Crippen LogP contribution in [0.5, 0.6) is 0 Å². The van der Waals surface area contributed by atoms with Gasteiger partial charge in [-0.05, 0) is 52.3 Å². The zero-order chi connectivity index (χ0) is 7.97. The highest BCUT2D eigenvalue weighted by molar-refractivity contribution is 5.73. The molecule has 0 unspecified atom stereocenters. The lowest BCUT2D eigenvalue weighted by Gasteiger charge is -1.94. The van der Waals surface area contributed by atoms with E-state index in [1.165, 1.54) is 21.6 Å². The Bertz CT molecular complexity index is 479. The largest absolute Gasteiger partial charge is 0.120 e. The molecular formula is C12H8. The van der Waals surface area contributed by atoms with Crippen molar-refractivity contribution in [3.63, 3.8) is 0 Å². The van der Waals surface area contributed by atoms with Crippen LogP contribution in [0.1, 0.15) is 17.5 Å². The molecule has 0 spiro atoms. The molecule has 1 aromatic carbocycles. The minimum atomic E-state index is 1.09. The van der Waals surface area contributed by atoms with Gasteiger partial charge in [-0.25, -0.2) is 0 Å². The van der Waals surface area contributed by atoms with Crippen molar-refractivity contribution in [2.45, 2.75) is 6.42 Å². The van der Waals surface area contributed by atoms with Gasteiger partial charge in [-0.15, -0.1) is 5.73 Å². The second-order valence-electron chi connectivity index (χ2n) is 3.21. The first-order valence-corrected chi connectivity index (χ1v) is 4.20. The summed E-state index contributed by atoms with van der Waals surface area (Å²) in [6.45, 7) is 0. The van der Waals surface area contributed by atoms with Crippen molar-refractivity contribution in [3.8, 4) is 0 Å². The normalized spacial score (nSPS) is 15.3. The van der Waals surface area contributed by atoms with Crippen LogP contribution in [0.25, 0.3) is 24.3 Å². The van der Waals surface area contributed by atoms with Crippen molar-refractivity contribution in [1.29, 1.82) is 0 Å². The molecule has 12 heavy (non-hydrogen) atoms. The Hall–Kier alpha value is -1.52. The summed E-state index contributed by atoms with van der Waals surface area (Å²) in [6, 6.07) is 4.48. The van der Waals surface area contributed by atoms with Crippen molar-refractivity contribution in [2.75, 3.05) is 0 Å². The Morgan fingerprint density at radius 2 is 1.50 bits per heavy atom. The summed E-state index contributed by atoms with van der Waals surface area (Å²) < 4.78 is 0. The minimum Gasteiger partial charge on any atom is -0.120 e. The molecule has 0 atom stereocenters. The molecule has 0 aliphatic heterocycles. The molecule has 3 rings (SSSR count). The Balaban J connectivity index is 2.50. The molecule has 0 nitrogen and oxygen atoms in total. The highest BCUT2D eigenvalue weighted by Crippen LogP contribution is 2.13. The lowest BCUT2D eigenvalue weighted by molar-refractivity contribution is 1.50. The van der Waals surface area contributed by atoms with Crippen molar-refractivity contribution in [1.82, 2.24) is 0 Å². The van der Waals surface area contributed by atoms with Gasteiger partial charge in [-0.2, -0.15) is 0 Å². The monoisotopic (exact) mass is 152 g/mol. The second kappa shape index (κ2) is 2.00. The number of hydrogen-bond donors (Lipinski definition) is 0. The Labute approximate surface area is 70.9 Å². The molecule has 0 heteroatoms. The van der Waals surface area contributed by atoms with Crippen LogP contribution in [0.3, 0.4) is 0 Å². The van der Waals surface area contributed by atoms with Gasteiger partial charge < -0.3 is 0 Å². The summed E-state index contributed by atoms with van der Waals surface area (Å²) in [4.78, 5) is 0. The van der Waals surface area contributed by atoms with E-state index >= 15 is 0 Å². The molecule has 0 N–H and O–H groups in total. The average molecular weight is 152 g/mol. The van der Waals surface area contributed by atoms with Gasteiger partial charge in [-0.3, -0.25) is 0 Å². The maximum atomic E-state index is 3.11. The summed E-state index contributed by atoms with van der Waals surface area (Å²) in [6.07, 6.45) is 9.71. The fraction of sp³-hybridized carbons (Fsp3) is 0.0833. The molecule has 56 valence electrons. The molecule has 0 radical (unpaired) electrons. The Morgan fingerprint density at radius 1 is 0.917 bits per heavy atom. The van der Waals surface area contributed by atoms with Gasteiger partial charge in [-0.1, -0.05) is 12.2 Å². The van der Waals surface area contributed by atoms with E-state index in [0.717, 1.165) is 6.42 Å². The molecular weight excluding hydrogens is 144 g/mol. The van der Waals surface area contributed by atoms with Crippen molar-refractivity contribution < 1.29 is 0 Å². The van der Waals surface area contributed by atoms with E-state index in [9.17, 15) is 0 Å². The maximum absolute atomic E-state index is 3.11. The van der Waals surface area contributed by atoms with E-state index in [1.807, 2.05) is 12.2 Å². The van der Waals surface area contributed by atoms with Gasteiger partial charge in [0.05, 0.1) is 0 Å². The summed E-state index contributed by atoms with van der Waals surface area (Å²) in [5, 5.41) is 2.75. The molecule has 0 fully saturated rings. The fourth-order valence-electron chi connectivity index (χ4n) is 1.81. The van der Waals surface area contributed by atoms with Gasteiger partial charge in [0, 0.05) is 0 Å². The third-order valence-corrected chi connectivity index (χ3v) is 2.44. The summed E-state index contributed by atoms with van der Waals surface area (Å²) in [5.74, 6) is 0. The average Bonchev–Trinajstić information content (AvgIpc) is 2.64. The maximum Gasteiger partial charge on any atom is -0.00943 e. The predicted octanol–water partition coefficient (Wildman–Crippen LogP) is 1.29. The zero-order valence-corrected chi connectivity index (χ0v) is 6.67. The van der Waals surface area contributed by atoms with E-state index in [0.29, 0.717) is 0 Å². The minimum absolute atomic E-state index is 1.09. The molecule has 0 aromatic heterocycles. The van der Waals surface area contributed by atoms with E-state index in [-0.39, 0.29) is 0 Å². The molecule has 0 heterocycles. The SMILES string of the molecule is C1=Cc2cc3c(cc2C=1)=CCC=3. The summed E-state index contributed by atoms with van der Waals surface area (Å²) in [7, 11) is 0. The smallest absolute Gasteiger partial charge is 0.00943 e. The summed E-state index contributed by atoms with van der Waals surface area (Å²) in [5.41, 5.74) is 5.72. The van der Waals surface area contributed by atoms with Crippen LogP contribution in [0.15, 0.2) is 17.9 Å². The van der Waals surface area contributed by atoms with Crippen LogP contribution in [0, 0.1) is 0 Å². The first kappa shape index (κ1) is 6.05. The molecule has 1 aromatic rings. The van der Waals surface area contributed by atoms with Crippen molar-refractivity contribution in [3.05, 3.63) is 39.4 Å². The van der Waals surface area contributed by atoms with E-state index in [1.54, 1.807) is 0 Å². The number of benzene rings is 1. The Kier molecular flexibility index (Phi) is 1.01. The van der Waals surface area contributed by atoms with Gasteiger partial charge in [0.25, 0.3) is 0 Å². The first-order valence-electron chi connectivity index (χ1n) is 4.20. The van der Waals surface area contributed by atoms with Crippen LogP contribution in [0.2, 0.25) is 0 Å². The first-order chi connectivity index (χ1) is 5.93. The summed E-state index contributed by atoms with van der Waals surface area (Å²) >= 11 is 0. The van der Waals surface area contributed by atoms with E-state index in [4.69, 9.17) is 0 Å². The molecule has 0 saturated carbocycles. The van der Waals surface area contributed by atoms with Gasteiger partial charge in [0.1, 0.15) is 0 Å². The van der Waals surface area contributed by atoms with Crippen LogP contribution < -0.4 is 10.4 Å². The lowest BCUT2D eigenvalue weighted by atomic mass is 10.1. The predicted molar refractivity (Wildman–Crippen MR) is 51.7 cm³/mol. The molecule has 0 amide bonds. The second-order valence-corrected chi connectivity index (χ2v) is 3.21. The highest BCUT2D eigenvalue weighted by Gasteiger charge is 2.02. The van der Waals surface area contributed by atoms with Crippen molar-refractivity contribution >= 4 is 24.3 Å². The molecule has 0 saturated heterocycles. The van der Waals surface area contributed by atoms with Crippen LogP contribution in [-0.4, -0.2) is 0 Å². The standard InChI is InChI=1S/C12H8/c1-3-9-7-11-5-2-6-12(11)8-10(9)4-1/h3-8H,1H2. The molecule has 0 bridgehead atoms. The van der Waals surface area contributed by atoms with Gasteiger partial charge in [0.15, 0.2) is 0 Å². The van der Waals surface area contributed by atoms with Gasteiger partial charge in [0.2, 0.25) is 0 Å². The van der Waals surface area contributed by atoms with Crippen LogP contribution in [-0.2, 0) is 0 Å². The number of fused-ring (bicyclic) bond motifs is 2. The topological polar surface area (TPSA) is 0 Å². The highest BCUT2D eigenvalue weighted by atomic mass is 14.1. The van der Waals surface area contributed by atoms with E-state index < -0.39 is 0 Å². The van der Waals surface area contributed by atoms with Crippen LogP contribution in [0.4, 0.5) is 0 Å². The van der Waals surface area contributed by atoms with E-state index in [2.05, 4.69) is 30.0 Å². The lowest BCUT2D eigenvalue weighted by Crippen LogP contribution is -2.21.